The Bertz CT molecular complexity index is 925. The zero-order chi connectivity index (χ0) is 17.3. The van der Waals surface area contributed by atoms with Crippen molar-refractivity contribution < 1.29 is 4.42 Å². The van der Waals surface area contributed by atoms with Gasteiger partial charge in [0, 0.05) is 22.9 Å². The number of benzene rings is 1. The third kappa shape index (κ3) is 2.89. The Kier molecular flexibility index (Phi) is 3.87. The zero-order valence-corrected chi connectivity index (χ0v) is 13.1. The molecule has 0 amide bonds. The lowest BCUT2D eigenvalue weighted by Gasteiger charge is -2.05. The molecule has 120 valence electrons. The molecule has 1 aromatic carbocycles. The first kappa shape index (κ1) is 15.5. The number of nitrogens with two attached hydrogens (primary N) is 2. The van der Waals surface area contributed by atoms with Crippen LogP contribution in [0.1, 0.15) is 16.7 Å². The van der Waals surface area contributed by atoms with Crippen molar-refractivity contribution in [3.05, 3.63) is 65.4 Å². The molecular formula is C18H17N5O. The summed E-state index contributed by atoms with van der Waals surface area (Å²) in [6.07, 6.45) is 1.55. The lowest BCUT2D eigenvalue weighted by atomic mass is 10.0. The smallest absolute Gasteiger partial charge is 0.153 e. The lowest BCUT2D eigenvalue weighted by Crippen LogP contribution is -2.11. The van der Waals surface area contributed by atoms with Gasteiger partial charge in [0.15, 0.2) is 5.76 Å². The van der Waals surface area contributed by atoms with E-state index in [-0.39, 0.29) is 11.7 Å². The number of nitrogen functional groups attached to an aromatic ring is 2. The molecule has 0 bridgehead atoms. The van der Waals surface area contributed by atoms with Gasteiger partial charge < -0.3 is 15.9 Å². The van der Waals surface area contributed by atoms with Crippen molar-refractivity contribution in [3.8, 4) is 22.8 Å². The van der Waals surface area contributed by atoms with E-state index in [1.54, 1.807) is 24.4 Å². The average molecular weight is 319 g/mol. The number of aromatic nitrogens is 1. The molecular weight excluding hydrogens is 302 g/mol. The molecule has 0 saturated carbocycles. The number of hydrogen-bond donors (Lipinski definition) is 4. The number of nitrogens with one attached hydrogen (secondary N) is 2. The Morgan fingerprint density at radius 2 is 1.58 bits per heavy atom. The Balaban J connectivity index is 1.93. The highest BCUT2D eigenvalue weighted by Crippen LogP contribution is 2.30. The number of nitrogens with zero attached hydrogens (tertiary/aromatic N) is 1. The predicted molar refractivity (Wildman–Crippen MR) is 94.1 cm³/mol. The fourth-order valence-corrected chi connectivity index (χ4v) is 2.43. The molecule has 2 heterocycles. The first-order valence-electron chi connectivity index (χ1n) is 7.32. The van der Waals surface area contributed by atoms with Crippen LogP contribution in [-0.2, 0) is 0 Å². The molecule has 0 atom stereocenters. The highest BCUT2D eigenvalue weighted by Gasteiger charge is 2.11. The van der Waals surface area contributed by atoms with Gasteiger partial charge in [0.2, 0.25) is 0 Å². The third-order valence-electron chi connectivity index (χ3n) is 3.74. The van der Waals surface area contributed by atoms with Crippen molar-refractivity contribution in [1.29, 1.82) is 10.8 Å². The number of aryl methyl sites for hydroxylation is 1. The van der Waals surface area contributed by atoms with Crippen LogP contribution >= 0.6 is 0 Å². The molecule has 0 radical (unpaired) electrons. The topological polar surface area (TPSA) is 126 Å². The molecule has 6 N–H and O–H groups in total. The van der Waals surface area contributed by atoms with E-state index >= 15 is 0 Å². The van der Waals surface area contributed by atoms with E-state index in [2.05, 4.69) is 4.98 Å². The van der Waals surface area contributed by atoms with Gasteiger partial charge in [-0.2, -0.15) is 0 Å². The summed E-state index contributed by atoms with van der Waals surface area (Å²) in [6, 6.07) is 12.8. The summed E-state index contributed by atoms with van der Waals surface area (Å²) in [6.45, 7) is 1.95. The number of pyridine rings is 1. The highest BCUT2D eigenvalue weighted by molar-refractivity contribution is 5.96. The number of hydrogen-bond acceptors (Lipinski definition) is 4. The SMILES string of the molecule is Cc1cc(C(=N)N)ccc1-c1ccc(-c2ccc(C(=N)N)cn2)o1. The fraction of sp³-hybridized carbons (Fsp3) is 0.0556. The van der Waals surface area contributed by atoms with Gasteiger partial charge in [-0.1, -0.05) is 12.1 Å². The summed E-state index contributed by atoms with van der Waals surface area (Å²) in [5.74, 6) is 1.38. The summed E-state index contributed by atoms with van der Waals surface area (Å²) >= 11 is 0. The van der Waals surface area contributed by atoms with Gasteiger partial charge in [-0.3, -0.25) is 15.8 Å². The molecule has 0 fully saturated rings. The van der Waals surface area contributed by atoms with Crippen molar-refractivity contribution in [3.63, 3.8) is 0 Å². The molecule has 24 heavy (non-hydrogen) atoms. The quantitative estimate of drug-likeness (QED) is 0.435. The average Bonchev–Trinajstić information content (AvgIpc) is 3.04. The molecule has 2 aromatic heterocycles. The molecule has 0 aliphatic heterocycles. The summed E-state index contributed by atoms with van der Waals surface area (Å²) in [5.41, 5.74) is 14.8. The van der Waals surface area contributed by atoms with Crippen molar-refractivity contribution in [1.82, 2.24) is 4.98 Å². The van der Waals surface area contributed by atoms with Crippen LogP contribution < -0.4 is 11.5 Å². The second-order valence-electron chi connectivity index (χ2n) is 5.45. The maximum absolute atomic E-state index is 7.49. The second kappa shape index (κ2) is 6.00. The van der Waals surface area contributed by atoms with Gasteiger partial charge in [-0.05, 0) is 42.8 Å². The van der Waals surface area contributed by atoms with E-state index in [1.165, 1.54) is 0 Å². The van der Waals surface area contributed by atoms with Crippen molar-refractivity contribution in [2.45, 2.75) is 6.92 Å². The van der Waals surface area contributed by atoms with Crippen LogP contribution in [0.3, 0.4) is 0 Å². The van der Waals surface area contributed by atoms with Gasteiger partial charge in [-0.25, -0.2) is 0 Å². The Morgan fingerprint density at radius 3 is 2.17 bits per heavy atom. The van der Waals surface area contributed by atoms with E-state index < -0.39 is 0 Å². The van der Waals surface area contributed by atoms with Gasteiger partial charge in [0.25, 0.3) is 0 Å². The molecule has 3 rings (SSSR count). The number of rotatable bonds is 4. The van der Waals surface area contributed by atoms with E-state index in [0.29, 0.717) is 22.6 Å². The standard InChI is InChI=1S/C18H17N5O/c1-10-8-11(17(19)20)2-4-13(10)15-6-7-16(24-15)14-5-3-12(9-23-14)18(21)22/h2-9H,1H3,(H3,19,20)(H3,21,22). The highest BCUT2D eigenvalue weighted by atomic mass is 16.3. The summed E-state index contributed by atoms with van der Waals surface area (Å²) < 4.78 is 5.90. The maximum Gasteiger partial charge on any atom is 0.153 e. The maximum atomic E-state index is 7.49. The fourth-order valence-electron chi connectivity index (χ4n) is 2.43. The second-order valence-corrected chi connectivity index (χ2v) is 5.45. The van der Waals surface area contributed by atoms with Crippen LogP contribution in [0.4, 0.5) is 0 Å². The molecule has 0 aliphatic carbocycles. The molecule has 0 aliphatic rings. The third-order valence-corrected chi connectivity index (χ3v) is 3.74. The molecule has 0 unspecified atom stereocenters. The summed E-state index contributed by atoms with van der Waals surface area (Å²) in [5, 5.41) is 14.9. The molecule has 6 heteroatoms. The van der Waals surface area contributed by atoms with Crippen molar-refractivity contribution in [2.24, 2.45) is 11.5 Å². The Labute approximate surface area is 139 Å². The van der Waals surface area contributed by atoms with Gasteiger partial charge in [0.05, 0.1) is 0 Å². The Morgan fingerprint density at radius 1 is 0.917 bits per heavy atom. The van der Waals surface area contributed by atoms with Gasteiger partial charge in [-0.15, -0.1) is 0 Å². The van der Waals surface area contributed by atoms with Crippen LogP contribution in [0.25, 0.3) is 22.8 Å². The summed E-state index contributed by atoms with van der Waals surface area (Å²) in [4.78, 5) is 4.28. The lowest BCUT2D eigenvalue weighted by molar-refractivity contribution is 0.594. The largest absolute Gasteiger partial charge is 0.454 e. The van der Waals surface area contributed by atoms with E-state index in [4.69, 9.17) is 26.7 Å². The molecule has 0 spiro atoms. The van der Waals surface area contributed by atoms with E-state index in [9.17, 15) is 0 Å². The minimum atomic E-state index is -0.0182. The first-order valence-corrected chi connectivity index (χ1v) is 7.32. The predicted octanol–water partition coefficient (Wildman–Crippen LogP) is 2.89. The van der Waals surface area contributed by atoms with Crippen LogP contribution in [0.5, 0.6) is 0 Å². The first-order chi connectivity index (χ1) is 11.5. The minimum Gasteiger partial charge on any atom is -0.454 e. The number of furan rings is 1. The Hall–Kier alpha value is -3.41. The molecule has 6 nitrogen and oxygen atoms in total. The van der Waals surface area contributed by atoms with Crippen LogP contribution in [0, 0.1) is 17.7 Å². The number of amidine groups is 2. The van der Waals surface area contributed by atoms with E-state index in [1.807, 2.05) is 31.2 Å². The van der Waals surface area contributed by atoms with Crippen LogP contribution in [0.2, 0.25) is 0 Å². The monoisotopic (exact) mass is 319 g/mol. The van der Waals surface area contributed by atoms with Crippen molar-refractivity contribution in [2.75, 3.05) is 0 Å². The molecule has 3 aromatic rings. The molecule has 0 saturated heterocycles. The van der Waals surface area contributed by atoms with Crippen molar-refractivity contribution >= 4 is 11.7 Å². The van der Waals surface area contributed by atoms with Crippen LogP contribution in [0.15, 0.2) is 53.1 Å². The zero-order valence-electron chi connectivity index (χ0n) is 13.1. The van der Waals surface area contributed by atoms with Crippen LogP contribution in [-0.4, -0.2) is 16.7 Å². The normalized spacial score (nSPS) is 10.5. The minimum absolute atomic E-state index is 0.0182. The van der Waals surface area contributed by atoms with Gasteiger partial charge in [0.1, 0.15) is 23.1 Å². The summed E-state index contributed by atoms with van der Waals surface area (Å²) in [7, 11) is 0. The van der Waals surface area contributed by atoms with Gasteiger partial charge >= 0.3 is 0 Å². The van der Waals surface area contributed by atoms with E-state index in [0.717, 1.165) is 16.9 Å².